The van der Waals surface area contributed by atoms with Gasteiger partial charge in [-0.1, -0.05) is 26.2 Å². The number of ether oxygens (including phenoxy) is 3. The molecule has 5 heteroatoms. The highest BCUT2D eigenvalue weighted by molar-refractivity contribution is 5.73. The molecule has 0 spiro atoms. The van der Waals surface area contributed by atoms with Gasteiger partial charge >= 0.3 is 12.1 Å². The van der Waals surface area contributed by atoms with Gasteiger partial charge in [0.1, 0.15) is 6.10 Å². The summed E-state index contributed by atoms with van der Waals surface area (Å²) in [5, 5.41) is 0. The lowest BCUT2D eigenvalue weighted by Gasteiger charge is -2.22. The molecule has 0 aliphatic heterocycles. The molecule has 0 aliphatic rings. The van der Waals surface area contributed by atoms with Crippen LogP contribution in [-0.4, -0.2) is 31.4 Å². The summed E-state index contributed by atoms with van der Waals surface area (Å²) < 4.78 is 14.8. The highest BCUT2D eigenvalue weighted by Crippen LogP contribution is 2.19. The first-order valence-corrected chi connectivity index (χ1v) is 7.06. The van der Waals surface area contributed by atoms with Crippen molar-refractivity contribution in [3.05, 3.63) is 0 Å². The van der Waals surface area contributed by atoms with Crippen LogP contribution in [0.3, 0.4) is 0 Å². The van der Waals surface area contributed by atoms with Crippen molar-refractivity contribution in [1.29, 1.82) is 0 Å². The van der Waals surface area contributed by atoms with Gasteiger partial charge in [-0.15, -0.1) is 0 Å². The van der Waals surface area contributed by atoms with Crippen molar-refractivity contribution in [1.82, 2.24) is 0 Å². The van der Waals surface area contributed by atoms with Crippen LogP contribution in [0.15, 0.2) is 0 Å². The first-order chi connectivity index (χ1) is 9.06. The highest BCUT2D eigenvalue weighted by atomic mass is 16.7. The van der Waals surface area contributed by atoms with Gasteiger partial charge in [-0.25, -0.2) is 4.79 Å². The number of carbonyl (C=O) groups is 2. The zero-order valence-corrected chi connectivity index (χ0v) is 12.4. The molecule has 0 aromatic carbocycles. The molecule has 0 radical (unpaired) electrons. The largest absolute Gasteiger partial charge is 0.508 e. The lowest BCUT2D eigenvalue weighted by molar-refractivity contribution is -0.152. The summed E-state index contributed by atoms with van der Waals surface area (Å²) in [5.41, 5.74) is 0. The van der Waals surface area contributed by atoms with Crippen LogP contribution in [0.2, 0.25) is 0 Å². The minimum atomic E-state index is -0.736. The van der Waals surface area contributed by atoms with Crippen molar-refractivity contribution in [2.24, 2.45) is 5.92 Å². The van der Waals surface area contributed by atoms with Crippen molar-refractivity contribution in [3.8, 4) is 0 Å². The molecule has 0 aromatic heterocycles. The third-order valence-electron chi connectivity index (χ3n) is 2.82. The molecule has 2 unspecified atom stereocenters. The predicted molar refractivity (Wildman–Crippen MR) is 71.8 cm³/mol. The van der Waals surface area contributed by atoms with E-state index in [2.05, 4.69) is 6.92 Å². The van der Waals surface area contributed by atoms with E-state index in [1.54, 1.807) is 20.8 Å². The summed E-state index contributed by atoms with van der Waals surface area (Å²) in [7, 11) is 0. The molecule has 5 nitrogen and oxygen atoms in total. The van der Waals surface area contributed by atoms with Gasteiger partial charge in [0.2, 0.25) is 0 Å². The smallest absolute Gasteiger partial charge is 0.466 e. The molecule has 0 heterocycles. The second-order valence-electron chi connectivity index (χ2n) is 4.36. The molecule has 0 amide bonds. The summed E-state index contributed by atoms with van der Waals surface area (Å²) in [6.07, 6.45) is 2.42. The van der Waals surface area contributed by atoms with E-state index in [4.69, 9.17) is 14.2 Å². The molecular weight excluding hydrogens is 248 g/mol. The standard InChI is InChI=1S/C14H26O5/c1-5-8-9-10-12(13(15)17-6-2)11(4)19-14(16)18-7-3/h11-12H,5-10H2,1-4H3. The fourth-order valence-corrected chi connectivity index (χ4v) is 1.79. The van der Waals surface area contributed by atoms with E-state index < -0.39 is 18.2 Å². The van der Waals surface area contributed by atoms with E-state index in [1.165, 1.54) is 0 Å². The average Bonchev–Trinajstić information content (AvgIpc) is 2.34. The van der Waals surface area contributed by atoms with Crippen molar-refractivity contribution in [2.75, 3.05) is 13.2 Å². The molecule has 0 N–H and O–H groups in total. The van der Waals surface area contributed by atoms with Gasteiger partial charge in [-0.2, -0.15) is 0 Å². The van der Waals surface area contributed by atoms with Gasteiger partial charge in [0.15, 0.2) is 0 Å². The average molecular weight is 274 g/mol. The Hall–Kier alpha value is -1.26. The molecule has 0 rings (SSSR count). The SMILES string of the molecule is CCCCCC(C(=O)OCC)C(C)OC(=O)OCC. The molecule has 112 valence electrons. The topological polar surface area (TPSA) is 61.8 Å². The van der Waals surface area contributed by atoms with Crippen LogP contribution >= 0.6 is 0 Å². The maximum atomic E-state index is 11.9. The fraction of sp³-hybridized carbons (Fsp3) is 0.857. The van der Waals surface area contributed by atoms with E-state index in [-0.39, 0.29) is 12.6 Å². The van der Waals surface area contributed by atoms with Crippen molar-refractivity contribution >= 4 is 12.1 Å². The Morgan fingerprint density at radius 1 is 1.00 bits per heavy atom. The van der Waals surface area contributed by atoms with Crippen LogP contribution in [0.4, 0.5) is 4.79 Å². The molecule has 0 bridgehead atoms. The molecule has 0 fully saturated rings. The Bertz CT molecular complexity index is 265. The minimum Gasteiger partial charge on any atom is -0.466 e. The number of esters is 1. The number of hydrogen-bond donors (Lipinski definition) is 0. The second-order valence-corrected chi connectivity index (χ2v) is 4.36. The summed E-state index contributed by atoms with van der Waals surface area (Å²) >= 11 is 0. The maximum absolute atomic E-state index is 11.9. The number of hydrogen-bond acceptors (Lipinski definition) is 5. The minimum absolute atomic E-state index is 0.255. The van der Waals surface area contributed by atoms with Gasteiger partial charge in [0.05, 0.1) is 19.1 Å². The van der Waals surface area contributed by atoms with E-state index in [1.807, 2.05) is 0 Å². The Morgan fingerprint density at radius 3 is 2.16 bits per heavy atom. The third kappa shape index (κ3) is 7.70. The molecule has 0 saturated heterocycles. The Morgan fingerprint density at radius 2 is 1.63 bits per heavy atom. The van der Waals surface area contributed by atoms with Gasteiger partial charge in [0, 0.05) is 0 Å². The summed E-state index contributed by atoms with van der Waals surface area (Å²) in [5.74, 6) is -0.730. The number of unbranched alkanes of at least 4 members (excludes halogenated alkanes) is 2. The van der Waals surface area contributed by atoms with Crippen LogP contribution in [-0.2, 0) is 19.0 Å². The second kappa shape index (κ2) is 10.6. The van der Waals surface area contributed by atoms with Gasteiger partial charge < -0.3 is 14.2 Å². The van der Waals surface area contributed by atoms with Gasteiger partial charge in [0.25, 0.3) is 0 Å². The summed E-state index contributed by atoms with van der Waals surface area (Å²) in [6.45, 7) is 7.84. The number of carbonyl (C=O) groups excluding carboxylic acids is 2. The Labute approximate surface area is 115 Å². The lowest BCUT2D eigenvalue weighted by Crippen LogP contribution is -2.32. The zero-order chi connectivity index (χ0) is 14.7. The van der Waals surface area contributed by atoms with E-state index in [9.17, 15) is 9.59 Å². The predicted octanol–water partition coefficient (Wildman–Crippen LogP) is 3.31. The molecule has 0 aromatic rings. The van der Waals surface area contributed by atoms with Gasteiger partial charge in [-0.05, 0) is 27.2 Å². The van der Waals surface area contributed by atoms with E-state index in [0.717, 1.165) is 19.3 Å². The first kappa shape index (κ1) is 17.7. The lowest BCUT2D eigenvalue weighted by atomic mass is 9.96. The Balaban J connectivity index is 4.43. The summed E-state index contributed by atoms with van der Waals surface area (Å²) in [4.78, 5) is 23.1. The first-order valence-electron chi connectivity index (χ1n) is 7.06. The third-order valence-corrected chi connectivity index (χ3v) is 2.82. The normalized spacial score (nSPS) is 13.5. The van der Waals surface area contributed by atoms with Crippen LogP contribution in [0.5, 0.6) is 0 Å². The monoisotopic (exact) mass is 274 g/mol. The van der Waals surface area contributed by atoms with E-state index in [0.29, 0.717) is 13.0 Å². The molecule has 2 atom stereocenters. The quantitative estimate of drug-likeness (QED) is 0.477. The van der Waals surface area contributed by atoms with Crippen LogP contribution in [0, 0.1) is 5.92 Å². The van der Waals surface area contributed by atoms with Crippen LogP contribution in [0.1, 0.15) is 53.4 Å². The molecular formula is C14H26O5. The Kier molecular flexibility index (Phi) is 9.94. The zero-order valence-electron chi connectivity index (χ0n) is 12.4. The number of rotatable bonds is 9. The summed E-state index contributed by atoms with van der Waals surface area (Å²) in [6, 6.07) is 0. The van der Waals surface area contributed by atoms with Crippen molar-refractivity contribution in [2.45, 2.75) is 59.5 Å². The van der Waals surface area contributed by atoms with Crippen LogP contribution in [0.25, 0.3) is 0 Å². The molecule has 0 saturated carbocycles. The van der Waals surface area contributed by atoms with Crippen LogP contribution < -0.4 is 0 Å². The van der Waals surface area contributed by atoms with Crippen molar-refractivity contribution in [3.63, 3.8) is 0 Å². The van der Waals surface area contributed by atoms with E-state index >= 15 is 0 Å². The molecule has 19 heavy (non-hydrogen) atoms. The van der Waals surface area contributed by atoms with Gasteiger partial charge in [-0.3, -0.25) is 4.79 Å². The maximum Gasteiger partial charge on any atom is 0.508 e. The molecule has 0 aliphatic carbocycles. The van der Waals surface area contributed by atoms with Crippen molar-refractivity contribution < 1.29 is 23.8 Å². The highest BCUT2D eigenvalue weighted by Gasteiger charge is 2.29. The fourth-order valence-electron chi connectivity index (χ4n) is 1.79.